The zero-order valence-electron chi connectivity index (χ0n) is 10.8. The van der Waals surface area contributed by atoms with Gasteiger partial charge >= 0.3 is 5.97 Å². The Morgan fingerprint density at radius 2 is 1.47 bits per heavy atom. The first-order valence-corrected chi connectivity index (χ1v) is 6.53. The summed E-state index contributed by atoms with van der Waals surface area (Å²) in [6, 6.07) is 5.79. The third kappa shape index (κ3) is 4.59. The molecule has 0 fully saturated rings. The molecule has 0 radical (unpaired) electrons. The van der Waals surface area contributed by atoms with E-state index >= 15 is 0 Å². The van der Waals surface area contributed by atoms with E-state index in [9.17, 15) is 4.79 Å². The molecule has 0 aliphatic heterocycles. The van der Waals surface area contributed by atoms with Gasteiger partial charge in [0.2, 0.25) is 0 Å². The Morgan fingerprint density at radius 3 is 1.82 bits per heavy atom. The highest BCUT2D eigenvalue weighted by atomic mass is 16.4. The lowest BCUT2D eigenvalue weighted by molar-refractivity contribution is 0.0696. The fraction of sp³-hybridized carbons (Fsp3) is 0.533. The highest BCUT2D eigenvalue weighted by Gasteiger charge is 2.06. The van der Waals surface area contributed by atoms with E-state index < -0.39 is 5.97 Å². The molecule has 94 valence electrons. The van der Waals surface area contributed by atoms with Crippen molar-refractivity contribution in [3.63, 3.8) is 0 Å². The summed E-state index contributed by atoms with van der Waals surface area (Å²) in [5.41, 5.74) is 2.76. The van der Waals surface area contributed by atoms with Crippen LogP contribution in [0, 0.1) is 0 Å². The van der Waals surface area contributed by atoms with Gasteiger partial charge in [0.1, 0.15) is 0 Å². The van der Waals surface area contributed by atoms with E-state index in [1.165, 1.54) is 0 Å². The molecule has 0 amide bonds. The molecule has 0 saturated heterocycles. The Labute approximate surface area is 104 Å². The van der Waals surface area contributed by atoms with Crippen molar-refractivity contribution < 1.29 is 9.90 Å². The summed E-state index contributed by atoms with van der Waals surface area (Å²) in [4.78, 5) is 11.1. The third-order valence-electron chi connectivity index (χ3n) is 2.94. The summed E-state index contributed by atoms with van der Waals surface area (Å²) in [5, 5.41) is 9.08. The molecule has 2 nitrogen and oxygen atoms in total. The average Bonchev–Trinajstić information content (AvgIpc) is 2.33. The predicted molar refractivity (Wildman–Crippen MR) is 70.6 cm³/mol. The third-order valence-corrected chi connectivity index (χ3v) is 2.94. The summed E-state index contributed by atoms with van der Waals surface area (Å²) in [6.07, 6.45) is 6.49. The van der Waals surface area contributed by atoms with E-state index in [2.05, 4.69) is 19.9 Å². The number of carboxylic acids is 1. The number of carboxylic acid groups (broad SMARTS) is 1. The van der Waals surface area contributed by atoms with Crippen LogP contribution >= 0.6 is 0 Å². The zero-order chi connectivity index (χ0) is 12.7. The van der Waals surface area contributed by atoms with Gasteiger partial charge in [-0.25, -0.2) is 4.79 Å². The zero-order valence-corrected chi connectivity index (χ0v) is 10.8. The lowest BCUT2D eigenvalue weighted by Crippen LogP contribution is -2.00. The van der Waals surface area contributed by atoms with Crippen molar-refractivity contribution in [2.75, 3.05) is 0 Å². The Bertz CT molecular complexity index is 343. The average molecular weight is 234 g/mol. The second-order valence-corrected chi connectivity index (χ2v) is 4.55. The van der Waals surface area contributed by atoms with Crippen molar-refractivity contribution in [3.8, 4) is 0 Å². The van der Waals surface area contributed by atoms with Gasteiger partial charge in [-0.05, 0) is 48.9 Å². The van der Waals surface area contributed by atoms with Gasteiger partial charge in [0.15, 0.2) is 0 Å². The quantitative estimate of drug-likeness (QED) is 0.772. The van der Waals surface area contributed by atoms with E-state index in [0.29, 0.717) is 5.56 Å². The maximum Gasteiger partial charge on any atom is 0.335 e. The van der Waals surface area contributed by atoms with Gasteiger partial charge in [0.05, 0.1) is 5.56 Å². The van der Waals surface area contributed by atoms with Crippen molar-refractivity contribution in [1.29, 1.82) is 0 Å². The fourth-order valence-electron chi connectivity index (χ4n) is 1.94. The molecule has 1 rings (SSSR count). The number of unbranched alkanes of at least 4 members (excludes halogenated alkanes) is 2. The molecule has 2 heteroatoms. The molecule has 0 aliphatic rings. The first-order chi connectivity index (χ1) is 8.17. The molecule has 17 heavy (non-hydrogen) atoms. The van der Waals surface area contributed by atoms with Crippen LogP contribution in [0.5, 0.6) is 0 Å². The maximum absolute atomic E-state index is 11.1. The first-order valence-electron chi connectivity index (χ1n) is 6.53. The van der Waals surface area contributed by atoms with Crippen LogP contribution in [0.1, 0.15) is 61.0 Å². The molecule has 0 unspecified atom stereocenters. The van der Waals surface area contributed by atoms with Gasteiger partial charge in [0, 0.05) is 0 Å². The van der Waals surface area contributed by atoms with E-state index in [4.69, 9.17) is 5.11 Å². The summed E-state index contributed by atoms with van der Waals surface area (Å²) < 4.78 is 0. The standard InChI is InChI=1S/C15H22O2/c1-3-5-7-12-9-13(8-6-4-2)11-14(10-12)15(16)17/h9-11H,3-8H2,1-2H3,(H,16,17). The van der Waals surface area contributed by atoms with Crippen LogP contribution < -0.4 is 0 Å². The van der Waals surface area contributed by atoms with Gasteiger partial charge in [-0.2, -0.15) is 0 Å². The lowest BCUT2D eigenvalue weighted by atomic mass is 9.99. The summed E-state index contributed by atoms with van der Waals surface area (Å²) in [6.45, 7) is 4.30. The summed E-state index contributed by atoms with van der Waals surface area (Å²) in [5.74, 6) is -0.818. The van der Waals surface area contributed by atoms with Crippen LogP contribution in [0.3, 0.4) is 0 Å². The second-order valence-electron chi connectivity index (χ2n) is 4.55. The number of benzene rings is 1. The van der Waals surface area contributed by atoms with Crippen LogP contribution in [-0.2, 0) is 12.8 Å². The van der Waals surface area contributed by atoms with E-state index in [1.54, 1.807) is 0 Å². The summed E-state index contributed by atoms with van der Waals surface area (Å²) in [7, 11) is 0. The first kappa shape index (κ1) is 13.8. The minimum absolute atomic E-state index is 0.435. The molecule has 0 heterocycles. The van der Waals surface area contributed by atoms with Crippen LogP contribution in [0.2, 0.25) is 0 Å². The molecule has 1 aromatic carbocycles. The van der Waals surface area contributed by atoms with Gasteiger partial charge in [-0.1, -0.05) is 32.8 Å². The van der Waals surface area contributed by atoms with Crippen LogP contribution in [0.25, 0.3) is 0 Å². The highest BCUT2D eigenvalue weighted by Crippen LogP contribution is 2.15. The predicted octanol–water partition coefficient (Wildman–Crippen LogP) is 4.07. The van der Waals surface area contributed by atoms with Gasteiger partial charge in [-0.15, -0.1) is 0 Å². The van der Waals surface area contributed by atoms with Crippen molar-refractivity contribution >= 4 is 5.97 Å². The minimum atomic E-state index is -0.818. The van der Waals surface area contributed by atoms with Crippen molar-refractivity contribution in [3.05, 3.63) is 34.9 Å². The van der Waals surface area contributed by atoms with Crippen molar-refractivity contribution in [2.24, 2.45) is 0 Å². The molecule has 1 aromatic rings. The highest BCUT2D eigenvalue weighted by molar-refractivity contribution is 5.88. The number of rotatable bonds is 7. The number of hydrogen-bond donors (Lipinski definition) is 1. The number of hydrogen-bond acceptors (Lipinski definition) is 1. The SMILES string of the molecule is CCCCc1cc(CCCC)cc(C(=O)O)c1. The van der Waals surface area contributed by atoms with E-state index in [0.717, 1.165) is 49.7 Å². The number of aryl methyl sites for hydroxylation is 2. The fourth-order valence-corrected chi connectivity index (χ4v) is 1.94. The summed E-state index contributed by atoms with van der Waals surface area (Å²) >= 11 is 0. The molecule has 1 N–H and O–H groups in total. The van der Waals surface area contributed by atoms with Gasteiger partial charge < -0.3 is 5.11 Å². The normalized spacial score (nSPS) is 10.5. The molecule has 0 atom stereocenters. The van der Waals surface area contributed by atoms with Gasteiger partial charge in [0.25, 0.3) is 0 Å². The van der Waals surface area contributed by atoms with Crippen LogP contribution in [0.15, 0.2) is 18.2 Å². The van der Waals surface area contributed by atoms with Crippen LogP contribution in [0.4, 0.5) is 0 Å². The second kappa shape index (κ2) is 7.10. The molecule has 0 bridgehead atoms. The van der Waals surface area contributed by atoms with Crippen molar-refractivity contribution in [2.45, 2.75) is 52.4 Å². The smallest absolute Gasteiger partial charge is 0.335 e. The molecule has 0 aromatic heterocycles. The largest absolute Gasteiger partial charge is 0.478 e. The molecule has 0 spiro atoms. The number of aromatic carboxylic acids is 1. The number of carbonyl (C=O) groups is 1. The Morgan fingerprint density at radius 1 is 1.00 bits per heavy atom. The molecule has 0 saturated carbocycles. The van der Waals surface area contributed by atoms with Crippen LogP contribution in [-0.4, -0.2) is 11.1 Å². The molecular weight excluding hydrogens is 212 g/mol. The Balaban J connectivity index is 2.88. The van der Waals surface area contributed by atoms with E-state index in [1.807, 2.05) is 12.1 Å². The van der Waals surface area contributed by atoms with E-state index in [-0.39, 0.29) is 0 Å². The molecular formula is C15H22O2. The topological polar surface area (TPSA) is 37.3 Å². The monoisotopic (exact) mass is 234 g/mol. The lowest BCUT2D eigenvalue weighted by Gasteiger charge is -2.07. The Hall–Kier alpha value is -1.31. The van der Waals surface area contributed by atoms with Crippen molar-refractivity contribution in [1.82, 2.24) is 0 Å². The Kier molecular flexibility index (Phi) is 5.75. The molecule has 0 aliphatic carbocycles. The maximum atomic E-state index is 11.1. The minimum Gasteiger partial charge on any atom is -0.478 e. The van der Waals surface area contributed by atoms with Gasteiger partial charge in [-0.3, -0.25) is 0 Å².